The Bertz CT molecular complexity index is 929. The third kappa shape index (κ3) is 7.83. The van der Waals surface area contributed by atoms with Gasteiger partial charge in [0.15, 0.2) is 11.5 Å². The largest absolute Gasteiger partial charge is 0.490 e. The van der Waals surface area contributed by atoms with Crippen LogP contribution in [0.15, 0.2) is 48.5 Å². The van der Waals surface area contributed by atoms with Crippen LogP contribution in [0.4, 0.5) is 8.78 Å². The number of nitrogens with zero attached hydrogens (tertiary/aromatic N) is 1. The summed E-state index contributed by atoms with van der Waals surface area (Å²) >= 11 is 0. The molecule has 2 aromatic rings. The van der Waals surface area contributed by atoms with Gasteiger partial charge in [0, 0.05) is 25.7 Å². The Morgan fingerprint density at radius 3 is 2.55 bits per heavy atom. The highest BCUT2D eigenvalue weighted by Crippen LogP contribution is 2.30. The molecule has 0 unspecified atom stereocenters. The summed E-state index contributed by atoms with van der Waals surface area (Å²) in [5, 5.41) is 3.08. The number of rotatable bonds is 10. The van der Waals surface area contributed by atoms with Gasteiger partial charge in [-0.2, -0.15) is 8.78 Å². The SMILES string of the molecule is CCOc1cc(/C=C/C(=O)N[C@H](CN2CCOCC2)c2ccc(C)cc2)ccc1OC(F)F. The fourth-order valence-corrected chi connectivity index (χ4v) is 3.56. The Balaban J connectivity index is 1.70. The highest BCUT2D eigenvalue weighted by atomic mass is 19.3. The summed E-state index contributed by atoms with van der Waals surface area (Å²) in [6.07, 6.45) is 3.05. The molecule has 2 aromatic carbocycles. The topological polar surface area (TPSA) is 60.0 Å². The van der Waals surface area contributed by atoms with Gasteiger partial charge >= 0.3 is 6.61 Å². The number of amides is 1. The summed E-state index contributed by atoms with van der Waals surface area (Å²) in [5.41, 5.74) is 2.82. The molecule has 1 amide bonds. The summed E-state index contributed by atoms with van der Waals surface area (Å²) in [4.78, 5) is 15.0. The molecule has 1 atom stereocenters. The molecule has 1 aliphatic rings. The van der Waals surface area contributed by atoms with E-state index in [4.69, 9.17) is 9.47 Å². The number of benzene rings is 2. The van der Waals surface area contributed by atoms with Gasteiger partial charge in [0.2, 0.25) is 5.91 Å². The van der Waals surface area contributed by atoms with E-state index in [9.17, 15) is 13.6 Å². The lowest BCUT2D eigenvalue weighted by molar-refractivity contribution is -0.117. The quantitative estimate of drug-likeness (QED) is 0.539. The number of aryl methyl sites for hydroxylation is 1. The number of nitrogens with one attached hydrogen (secondary N) is 1. The van der Waals surface area contributed by atoms with Crippen LogP contribution in [0.1, 0.15) is 29.7 Å². The van der Waals surface area contributed by atoms with Gasteiger partial charge in [-0.3, -0.25) is 9.69 Å². The molecule has 3 rings (SSSR count). The molecule has 6 nitrogen and oxygen atoms in total. The maximum absolute atomic E-state index is 12.7. The van der Waals surface area contributed by atoms with E-state index in [1.54, 1.807) is 25.1 Å². The average Bonchev–Trinajstić information content (AvgIpc) is 2.80. The molecule has 1 saturated heterocycles. The number of hydrogen-bond acceptors (Lipinski definition) is 5. The molecule has 0 saturated carbocycles. The molecule has 0 aromatic heterocycles. The van der Waals surface area contributed by atoms with E-state index < -0.39 is 6.61 Å². The van der Waals surface area contributed by atoms with Gasteiger partial charge in [-0.05, 0) is 43.2 Å². The molecule has 0 aliphatic carbocycles. The molecule has 1 N–H and O–H groups in total. The zero-order valence-corrected chi connectivity index (χ0v) is 18.9. The third-order valence-corrected chi connectivity index (χ3v) is 5.25. The van der Waals surface area contributed by atoms with Crippen molar-refractivity contribution in [2.45, 2.75) is 26.5 Å². The summed E-state index contributed by atoms with van der Waals surface area (Å²) in [6, 6.07) is 12.5. The van der Waals surface area contributed by atoms with Gasteiger partial charge in [-0.1, -0.05) is 35.9 Å². The first-order valence-corrected chi connectivity index (χ1v) is 11.0. The minimum Gasteiger partial charge on any atom is -0.490 e. The number of halogens is 2. The lowest BCUT2D eigenvalue weighted by Gasteiger charge is -2.31. The van der Waals surface area contributed by atoms with Gasteiger partial charge in [-0.15, -0.1) is 0 Å². The second kappa shape index (κ2) is 12.3. The van der Waals surface area contributed by atoms with E-state index in [1.807, 2.05) is 31.2 Å². The Hall–Kier alpha value is -2.97. The summed E-state index contributed by atoms with van der Waals surface area (Å²) in [6.45, 7) is 4.82. The van der Waals surface area contributed by atoms with E-state index in [0.29, 0.717) is 31.9 Å². The number of alkyl halides is 2. The maximum Gasteiger partial charge on any atom is 0.387 e. The van der Waals surface area contributed by atoms with Crippen molar-refractivity contribution in [3.63, 3.8) is 0 Å². The predicted octanol–water partition coefficient (Wildman–Crippen LogP) is 4.20. The molecule has 8 heteroatoms. The van der Waals surface area contributed by atoms with E-state index in [0.717, 1.165) is 24.2 Å². The van der Waals surface area contributed by atoms with Gasteiger partial charge in [0.05, 0.1) is 25.9 Å². The third-order valence-electron chi connectivity index (χ3n) is 5.25. The number of morpholine rings is 1. The van der Waals surface area contributed by atoms with Crippen LogP contribution in [0.5, 0.6) is 11.5 Å². The average molecular weight is 461 g/mol. The molecule has 0 radical (unpaired) electrons. The minimum atomic E-state index is -2.94. The van der Waals surface area contributed by atoms with Crippen LogP contribution in [0.25, 0.3) is 6.08 Å². The second-order valence-electron chi connectivity index (χ2n) is 7.74. The van der Waals surface area contributed by atoms with Gasteiger partial charge in [0.25, 0.3) is 0 Å². The van der Waals surface area contributed by atoms with Crippen molar-refractivity contribution in [1.29, 1.82) is 0 Å². The Kier molecular flexibility index (Phi) is 9.21. The maximum atomic E-state index is 12.7. The van der Waals surface area contributed by atoms with Crippen LogP contribution in [-0.4, -0.2) is 56.9 Å². The Morgan fingerprint density at radius 2 is 1.88 bits per heavy atom. The first kappa shape index (κ1) is 24.7. The number of hydrogen-bond donors (Lipinski definition) is 1. The normalized spacial score (nSPS) is 15.5. The van der Waals surface area contributed by atoms with Crippen molar-refractivity contribution >= 4 is 12.0 Å². The van der Waals surface area contributed by atoms with Crippen molar-refractivity contribution < 1.29 is 27.8 Å². The lowest BCUT2D eigenvalue weighted by Crippen LogP contribution is -2.42. The number of ether oxygens (including phenoxy) is 3. The first-order valence-electron chi connectivity index (χ1n) is 11.0. The van der Waals surface area contributed by atoms with Crippen LogP contribution in [0, 0.1) is 6.92 Å². The van der Waals surface area contributed by atoms with Crippen molar-refractivity contribution in [1.82, 2.24) is 10.2 Å². The van der Waals surface area contributed by atoms with Crippen LogP contribution in [0.3, 0.4) is 0 Å². The van der Waals surface area contributed by atoms with Gasteiger partial charge < -0.3 is 19.5 Å². The molecule has 1 aliphatic heterocycles. The Labute approximate surface area is 193 Å². The predicted molar refractivity (Wildman–Crippen MR) is 123 cm³/mol. The number of carbonyl (C=O) groups is 1. The van der Waals surface area contributed by atoms with Crippen LogP contribution < -0.4 is 14.8 Å². The summed E-state index contributed by atoms with van der Waals surface area (Å²) in [7, 11) is 0. The fourth-order valence-electron chi connectivity index (χ4n) is 3.56. The summed E-state index contributed by atoms with van der Waals surface area (Å²) < 4.78 is 40.5. The molecular formula is C25H30F2N2O4. The zero-order chi connectivity index (χ0) is 23.6. The molecule has 33 heavy (non-hydrogen) atoms. The van der Waals surface area contributed by atoms with Crippen molar-refractivity contribution in [3.8, 4) is 11.5 Å². The van der Waals surface area contributed by atoms with Crippen LogP contribution in [0.2, 0.25) is 0 Å². The van der Waals surface area contributed by atoms with Crippen LogP contribution in [-0.2, 0) is 9.53 Å². The van der Waals surface area contributed by atoms with Gasteiger partial charge in [0.1, 0.15) is 0 Å². The Morgan fingerprint density at radius 1 is 1.15 bits per heavy atom. The molecular weight excluding hydrogens is 430 g/mol. The smallest absolute Gasteiger partial charge is 0.387 e. The lowest BCUT2D eigenvalue weighted by atomic mass is 10.0. The van der Waals surface area contributed by atoms with Crippen molar-refractivity contribution in [3.05, 3.63) is 65.2 Å². The van der Waals surface area contributed by atoms with E-state index >= 15 is 0 Å². The highest BCUT2D eigenvalue weighted by Gasteiger charge is 2.19. The fraction of sp³-hybridized carbons (Fsp3) is 0.400. The highest BCUT2D eigenvalue weighted by molar-refractivity contribution is 5.92. The van der Waals surface area contributed by atoms with Crippen LogP contribution >= 0.6 is 0 Å². The van der Waals surface area contributed by atoms with E-state index in [-0.39, 0.29) is 23.4 Å². The van der Waals surface area contributed by atoms with Crippen molar-refractivity contribution in [2.24, 2.45) is 0 Å². The monoisotopic (exact) mass is 460 g/mol. The van der Waals surface area contributed by atoms with Gasteiger partial charge in [-0.25, -0.2) is 0 Å². The zero-order valence-electron chi connectivity index (χ0n) is 18.9. The molecule has 1 heterocycles. The number of carbonyl (C=O) groups excluding carboxylic acids is 1. The van der Waals surface area contributed by atoms with E-state index in [1.165, 1.54) is 12.1 Å². The molecule has 0 spiro atoms. The van der Waals surface area contributed by atoms with E-state index in [2.05, 4.69) is 15.0 Å². The molecule has 0 bridgehead atoms. The minimum absolute atomic E-state index is 0.0432. The first-order chi connectivity index (χ1) is 15.9. The van der Waals surface area contributed by atoms with Crippen molar-refractivity contribution in [2.75, 3.05) is 39.5 Å². The standard InChI is InChI=1S/C25H30F2N2O4/c1-3-32-23-16-19(6-10-22(23)33-25(26)27)7-11-24(30)28-21(17-29-12-14-31-15-13-29)20-8-4-18(2)5-9-20/h4-11,16,21,25H,3,12-15,17H2,1-2H3,(H,28,30)/b11-7+/t21-/m1/s1. The summed E-state index contributed by atoms with van der Waals surface area (Å²) in [5.74, 6) is -0.0942. The second-order valence-corrected chi connectivity index (χ2v) is 7.74. The molecule has 1 fully saturated rings. The molecule has 178 valence electrons.